The Bertz CT molecular complexity index is 1320. The predicted molar refractivity (Wildman–Crippen MR) is 136 cm³/mol. The molecule has 0 spiro atoms. The lowest BCUT2D eigenvalue weighted by molar-refractivity contribution is 0.0736. The lowest BCUT2D eigenvalue weighted by Crippen LogP contribution is -2.16. The van der Waals surface area contributed by atoms with Gasteiger partial charge in [-0.1, -0.05) is 74.9 Å². The molecule has 0 amide bonds. The first kappa shape index (κ1) is 22.7. The fourth-order valence-electron chi connectivity index (χ4n) is 4.29. The summed E-state index contributed by atoms with van der Waals surface area (Å²) in [6, 6.07) is 22.0. The van der Waals surface area contributed by atoms with Crippen LogP contribution in [0.1, 0.15) is 59.8 Å². The van der Waals surface area contributed by atoms with E-state index in [9.17, 15) is 4.79 Å². The van der Waals surface area contributed by atoms with Gasteiger partial charge in [-0.15, -0.1) is 0 Å². The van der Waals surface area contributed by atoms with Gasteiger partial charge in [0, 0.05) is 10.9 Å². The Morgan fingerprint density at radius 3 is 2.24 bits per heavy atom. The highest BCUT2D eigenvalue weighted by Gasteiger charge is 2.23. The lowest BCUT2D eigenvalue weighted by atomic mass is 9.82. The SMILES string of the molecule is CCC(C)(C)c1ccc(OC(=O)c2c(C)c(-c3ccccc3)nc3c(C)cc(C)cc23)cc1. The van der Waals surface area contributed by atoms with Gasteiger partial charge in [-0.2, -0.15) is 0 Å². The number of esters is 1. The Labute approximate surface area is 196 Å². The quantitative estimate of drug-likeness (QED) is 0.237. The van der Waals surface area contributed by atoms with Gasteiger partial charge in [0.05, 0.1) is 16.8 Å². The number of hydrogen-bond acceptors (Lipinski definition) is 3. The molecule has 33 heavy (non-hydrogen) atoms. The largest absolute Gasteiger partial charge is 0.423 e. The van der Waals surface area contributed by atoms with E-state index in [-0.39, 0.29) is 11.4 Å². The van der Waals surface area contributed by atoms with E-state index in [1.807, 2.05) is 81.4 Å². The third-order valence-electron chi connectivity index (χ3n) is 6.65. The molecule has 1 heterocycles. The van der Waals surface area contributed by atoms with Gasteiger partial charge in [0.1, 0.15) is 5.75 Å². The second-order valence-corrected chi connectivity index (χ2v) is 9.46. The van der Waals surface area contributed by atoms with Crippen LogP contribution in [0.15, 0.2) is 66.7 Å². The van der Waals surface area contributed by atoms with Crippen molar-refractivity contribution in [2.75, 3.05) is 0 Å². The monoisotopic (exact) mass is 437 g/mol. The number of aromatic nitrogens is 1. The van der Waals surface area contributed by atoms with Crippen molar-refractivity contribution in [3.63, 3.8) is 0 Å². The number of rotatable bonds is 5. The molecule has 0 unspecified atom stereocenters. The summed E-state index contributed by atoms with van der Waals surface area (Å²) >= 11 is 0. The van der Waals surface area contributed by atoms with E-state index in [0.717, 1.165) is 45.3 Å². The second-order valence-electron chi connectivity index (χ2n) is 9.46. The van der Waals surface area contributed by atoms with Crippen LogP contribution in [-0.2, 0) is 5.41 Å². The number of pyridine rings is 1. The van der Waals surface area contributed by atoms with Crippen LogP contribution in [0.2, 0.25) is 0 Å². The maximum atomic E-state index is 13.5. The fourth-order valence-corrected chi connectivity index (χ4v) is 4.29. The second kappa shape index (κ2) is 8.82. The van der Waals surface area contributed by atoms with Gasteiger partial charge in [-0.3, -0.25) is 0 Å². The molecule has 0 saturated carbocycles. The molecule has 3 aromatic carbocycles. The highest BCUT2D eigenvalue weighted by molar-refractivity contribution is 6.08. The van der Waals surface area contributed by atoms with E-state index in [1.54, 1.807) is 0 Å². The molecule has 0 radical (unpaired) electrons. The van der Waals surface area contributed by atoms with Crippen LogP contribution in [-0.4, -0.2) is 11.0 Å². The van der Waals surface area contributed by atoms with Crippen LogP contribution in [0.3, 0.4) is 0 Å². The molecule has 0 aliphatic carbocycles. The molecule has 168 valence electrons. The molecule has 0 fully saturated rings. The van der Waals surface area contributed by atoms with Gasteiger partial charge in [0.2, 0.25) is 0 Å². The predicted octanol–water partition coefficient (Wildman–Crippen LogP) is 7.73. The van der Waals surface area contributed by atoms with Gasteiger partial charge >= 0.3 is 5.97 Å². The Kier molecular flexibility index (Phi) is 6.07. The highest BCUT2D eigenvalue weighted by atomic mass is 16.5. The first-order chi connectivity index (χ1) is 15.7. The van der Waals surface area contributed by atoms with Gasteiger partial charge in [-0.25, -0.2) is 9.78 Å². The average Bonchev–Trinajstić information content (AvgIpc) is 2.79. The van der Waals surface area contributed by atoms with Gasteiger partial charge in [0.25, 0.3) is 0 Å². The smallest absolute Gasteiger partial charge is 0.344 e. The van der Waals surface area contributed by atoms with E-state index in [0.29, 0.717) is 11.3 Å². The summed E-state index contributed by atoms with van der Waals surface area (Å²) in [7, 11) is 0. The Morgan fingerprint density at radius 1 is 0.939 bits per heavy atom. The highest BCUT2D eigenvalue weighted by Crippen LogP contribution is 2.33. The molecule has 0 atom stereocenters. The molecule has 4 aromatic rings. The normalized spacial score (nSPS) is 11.6. The van der Waals surface area contributed by atoms with E-state index in [4.69, 9.17) is 9.72 Å². The van der Waals surface area contributed by atoms with Crippen LogP contribution < -0.4 is 4.74 Å². The van der Waals surface area contributed by atoms with Crippen molar-refractivity contribution >= 4 is 16.9 Å². The zero-order chi connectivity index (χ0) is 23.8. The molecule has 0 aliphatic rings. The van der Waals surface area contributed by atoms with Crippen molar-refractivity contribution in [1.29, 1.82) is 0 Å². The maximum absolute atomic E-state index is 13.5. The van der Waals surface area contributed by atoms with Crippen molar-refractivity contribution in [2.45, 2.75) is 53.4 Å². The molecular weight excluding hydrogens is 406 g/mol. The Morgan fingerprint density at radius 2 is 1.61 bits per heavy atom. The van der Waals surface area contributed by atoms with Crippen LogP contribution in [0.25, 0.3) is 22.2 Å². The first-order valence-electron chi connectivity index (χ1n) is 11.5. The maximum Gasteiger partial charge on any atom is 0.344 e. The third kappa shape index (κ3) is 4.41. The summed E-state index contributed by atoms with van der Waals surface area (Å²) in [4.78, 5) is 18.5. The minimum atomic E-state index is -0.357. The van der Waals surface area contributed by atoms with Crippen molar-refractivity contribution in [2.24, 2.45) is 0 Å². The van der Waals surface area contributed by atoms with E-state index >= 15 is 0 Å². The van der Waals surface area contributed by atoms with Gasteiger partial charge in [0.15, 0.2) is 0 Å². The minimum Gasteiger partial charge on any atom is -0.423 e. The summed E-state index contributed by atoms with van der Waals surface area (Å²) in [6.45, 7) is 12.6. The topological polar surface area (TPSA) is 39.2 Å². The van der Waals surface area contributed by atoms with Crippen molar-refractivity contribution in [3.8, 4) is 17.0 Å². The summed E-state index contributed by atoms with van der Waals surface area (Å²) in [5.41, 5.74) is 7.47. The third-order valence-corrected chi connectivity index (χ3v) is 6.65. The summed E-state index contributed by atoms with van der Waals surface area (Å²) < 4.78 is 5.89. The number of aryl methyl sites for hydroxylation is 2. The van der Waals surface area contributed by atoms with Crippen LogP contribution in [0.5, 0.6) is 5.75 Å². The average molecular weight is 438 g/mol. The molecule has 3 nitrogen and oxygen atoms in total. The standard InChI is InChI=1S/C30H31NO2/c1-7-30(5,6)23-13-15-24(16-14-23)33-29(32)26-21(4)28(22-11-9-8-10-12-22)31-27-20(3)17-19(2)18-25(26)27/h8-18H,7H2,1-6H3. The molecule has 0 saturated heterocycles. The number of nitrogens with zero attached hydrogens (tertiary/aromatic N) is 1. The number of fused-ring (bicyclic) bond motifs is 1. The number of carbonyl (C=O) groups is 1. The summed E-state index contributed by atoms with van der Waals surface area (Å²) in [5, 5.41) is 0.832. The number of carbonyl (C=O) groups excluding carboxylic acids is 1. The summed E-state index contributed by atoms with van der Waals surface area (Å²) in [6.07, 6.45) is 1.04. The van der Waals surface area contributed by atoms with Crippen molar-refractivity contribution in [3.05, 3.63) is 94.5 Å². The van der Waals surface area contributed by atoms with Crippen molar-refractivity contribution < 1.29 is 9.53 Å². The van der Waals surface area contributed by atoms with Crippen LogP contribution in [0, 0.1) is 20.8 Å². The Balaban J connectivity index is 1.82. The fraction of sp³-hybridized carbons (Fsp3) is 0.267. The zero-order valence-electron chi connectivity index (χ0n) is 20.3. The van der Waals surface area contributed by atoms with E-state index in [2.05, 4.69) is 26.8 Å². The molecule has 4 rings (SSSR count). The van der Waals surface area contributed by atoms with Gasteiger partial charge < -0.3 is 4.74 Å². The minimum absolute atomic E-state index is 0.0834. The molecule has 3 heteroatoms. The summed E-state index contributed by atoms with van der Waals surface area (Å²) in [5.74, 6) is 0.190. The molecule has 0 aliphatic heterocycles. The molecular formula is C30H31NO2. The molecule has 0 bridgehead atoms. The molecule has 1 aromatic heterocycles. The number of benzene rings is 3. The molecule has 0 N–H and O–H groups in total. The van der Waals surface area contributed by atoms with Crippen LogP contribution >= 0.6 is 0 Å². The zero-order valence-corrected chi connectivity index (χ0v) is 20.3. The first-order valence-corrected chi connectivity index (χ1v) is 11.5. The number of hydrogen-bond donors (Lipinski definition) is 0. The van der Waals surface area contributed by atoms with Crippen LogP contribution in [0.4, 0.5) is 0 Å². The van der Waals surface area contributed by atoms with Crippen molar-refractivity contribution in [1.82, 2.24) is 4.98 Å². The van der Waals surface area contributed by atoms with E-state index in [1.165, 1.54) is 5.56 Å². The van der Waals surface area contributed by atoms with Gasteiger partial charge in [-0.05, 0) is 67.5 Å². The lowest BCUT2D eigenvalue weighted by Gasteiger charge is -2.23. The van der Waals surface area contributed by atoms with E-state index < -0.39 is 0 Å². The number of ether oxygens (including phenoxy) is 1. The Hall–Kier alpha value is -3.46.